The maximum absolute atomic E-state index is 5.00. The van der Waals surface area contributed by atoms with Crippen LogP contribution < -0.4 is 0 Å². The van der Waals surface area contributed by atoms with E-state index in [0.29, 0.717) is 0 Å². The molecule has 0 atom stereocenters. The maximum atomic E-state index is 5.00. The van der Waals surface area contributed by atoms with Crippen LogP contribution >= 0.6 is 0 Å². The summed E-state index contributed by atoms with van der Waals surface area (Å²) in [5.74, 6) is 0.795. The van der Waals surface area contributed by atoms with Crippen LogP contribution in [0.4, 0.5) is 0 Å². The molecule has 0 N–H and O–H groups in total. The fourth-order valence-electron chi connectivity index (χ4n) is 4.07. The van der Waals surface area contributed by atoms with Gasteiger partial charge in [-0.15, -0.1) is 0 Å². The maximum Gasteiger partial charge on any atom is 0.162 e. The van der Waals surface area contributed by atoms with Crippen molar-refractivity contribution in [2.45, 2.75) is 41.5 Å². The minimum absolute atomic E-state index is 0.795. The van der Waals surface area contributed by atoms with Gasteiger partial charge in [0.25, 0.3) is 0 Å². The van der Waals surface area contributed by atoms with Gasteiger partial charge in [-0.3, -0.25) is 0 Å². The summed E-state index contributed by atoms with van der Waals surface area (Å²) in [6.07, 6.45) is 4.04. The molecule has 0 spiro atoms. The summed E-state index contributed by atoms with van der Waals surface area (Å²) in [6, 6.07) is 10.9. The Morgan fingerprint density at radius 3 is 2.15 bits per heavy atom. The molecule has 0 aliphatic carbocycles. The summed E-state index contributed by atoms with van der Waals surface area (Å²) in [5.41, 5.74) is 10.8. The molecule has 27 heavy (non-hydrogen) atoms. The van der Waals surface area contributed by atoms with E-state index in [-0.39, 0.29) is 0 Å². The zero-order chi connectivity index (χ0) is 19.3. The Morgan fingerprint density at radius 1 is 0.778 bits per heavy atom. The van der Waals surface area contributed by atoms with Crippen LogP contribution in [-0.4, -0.2) is 14.5 Å². The normalized spacial score (nSPS) is 11.3. The molecular formula is C24H25N3. The van der Waals surface area contributed by atoms with Crippen LogP contribution in [-0.2, 0) is 0 Å². The van der Waals surface area contributed by atoms with Crippen molar-refractivity contribution < 1.29 is 0 Å². The van der Waals surface area contributed by atoms with Gasteiger partial charge < -0.3 is 4.57 Å². The van der Waals surface area contributed by atoms with E-state index in [9.17, 15) is 0 Å². The topological polar surface area (TPSA) is 30.7 Å². The average molecular weight is 355 g/mol. The molecule has 0 saturated carbocycles. The Bertz CT molecular complexity index is 1160. The number of fused-ring (bicyclic) bond motifs is 1. The van der Waals surface area contributed by atoms with Gasteiger partial charge in [0.05, 0.1) is 5.69 Å². The number of hydrogen-bond donors (Lipinski definition) is 0. The van der Waals surface area contributed by atoms with Gasteiger partial charge in [-0.1, -0.05) is 29.8 Å². The van der Waals surface area contributed by atoms with E-state index >= 15 is 0 Å². The lowest BCUT2D eigenvalue weighted by Crippen LogP contribution is -2.02. The lowest BCUT2D eigenvalue weighted by atomic mass is 9.98. The summed E-state index contributed by atoms with van der Waals surface area (Å²) in [7, 11) is 0. The van der Waals surface area contributed by atoms with Crippen LogP contribution in [0.2, 0.25) is 0 Å². The molecule has 0 bridgehead atoms. The summed E-state index contributed by atoms with van der Waals surface area (Å²) >= 11 is 0. The molecule has 2 aromatic carbocycles. The van der Waals surface area contributed by atoms with Crippen molar-refractivity contribution >= 4 is 11.0 Å². The van der Waals surface area contributed by atoms with E-state index in [0.717, 1.165) is 22.4 Å². The first kappa shape index (κ1) is 17.5. The second-order valence-corrected chi connectivity index (χ2v) is 7.60. The first-order valence-electron chi connectivity index (χ1n) is 9.36. The molecular weight excluding hydrogens is 330 g/mol. The van der Waals surface area contributed by atoms with Crippen molar-refractivity contribution in [1.82, 2.24) is 14.5 Å². The van der Waals surface area contributed by atoms with Crippen molar-refractivity contribution in [1.29, 1.82) is 0 Å². The van der Waals surface area contributed by atoms with Gasteiger partial charge in [-0.05, 0) is 75.4 Å². The molecule has 3 nitrogen and oxygen atoms in total. The van der Waals surface area contributed by atoms with Gasteiger partial charge in [0.15, 0.2) is 5.82 Å². The molecule has 4 rings (SSSR count). The number of aromatic nitrogens is 3. The van der Waals surface area contributed by atoms with Crippen molar-refractivity contribution in [3.05, 3.63) is 76.1 Å². The molecule has 0 fully saturated rings. The molecule has 0 unspecified atom stereocenters. The van der Waals surface area contributed by atoms with Crippen LogP contribution in [0.25, 0.3) is 28.1 Å². The van der Waals surface area contributed by atoms with Crippen LogP contribution in [0.1, 0.15) is 33.4 Å². The lowest BCUT2D eigenvalue weighted by molar-refractivity contribution is 1.04. The number of nitrogens with zero attached hydrogens (tertiary/aromatic N) is 3. The highest BCUT2D eigenvalue weighted by Crippen LogP contribution is 2.30. The molecule has 0 saturated heterocycles. The Labute approximate surface area is 160 Å². The zero-order valence-electron chi connectivity index (χ0n) is 16.9. The average Bonchev–Trinajstić information content (AvgIpc) is 3.01. The second-order valence-electron chi connectivity index (χ2n) is 7.60. The summed E-state index contributed by atoms with van der Waals surface area (Å²) in [5, 5.41) is 1.06. The lowest BCUT2D eigenvalue weighted by Gasteiger charge is -2.15. The van der Waals surface area contributed by atoms with Crippen molar-refractivity contribution in [3.63, 3.8) is 0 Å². The zero-order valence-corrected chi connectivity index (χ0v) is 16.9. The minimum atomic E-state index is 0.795. The molecule has 2 aromatic heterocycles. The van der Waals surface area contributed by atoms with Crippen molar-refractivity contribution in [3.8, 4) is 17.1 Å². The largest absolute Gasteiger partial charge is 0.301 e. The Morgan fingerprint density at radius 2 is 1.44 bits per heavy atom. The molecule has 4 aromatic rings. The smallest absolute Gasteiger partial charge is 0.162 e. The monoisotopic (exact) mass is 355 g/mol. The number of rotatable bonds is 2. The summed E-state index contributed by atoms with van der Waals surface area (Å²) < 4.78 is 2.20. The Hall–Kier alpha value is -2.94. The molecule has 3 heteroatoms. The summed E-state index contributed by atoms with van der Waals surface area (Å²) in [4.78, 5) is 9.68. The molecule has 0 radical (unpaired) electrons. The molecule has 0 amide bonds. The molecule has 2 heterocycles. The predicted octanol–water partition coefficient (Wildman–Crippen LogP) is 5.94. The molecule has 136 valence electrons. The van der Waals surface area contributed by atoms with Gasteiger partial charge in [0, 0.05) is 23.3 Å². The van der Waals surface area contributed by atoms with Crippen LogP contribution in [0, 0.1) is 41.5 Å². The van der Waals surface area contributed by atoms with Crippen molar-refractivity contribution in [2.24, 2.45) is 0 Å². The minimum Gasteiger partial charge on any atom is -0.301 e. The fraction of sp³-hybridized carbons (Fsp3) is 0.250. The standard InChI is InChI=1S/C24H25N3/c1-14-11-17(4)22(18(5)12-14)27-10-9-20-13-25-23(26-24(20)27)21-16(3)8-7-15(2)19(21)6/h7-13H,1-6H3. The number of benzene rings is 2. The Balaban J connectivity index is 1.98. The highest BCUT2D eigenvalue weighted by Gasteiger charge is 2.15. The van der Waals surface area contributed by atoms with Crippen LogP contribution in [0.3, 0.4) is 0 Å². The highest BCUT2D eigenvalue weighted by atomic mass is 15.1. The third-order valence-electron chi connectivity index (χ3n) is 5.47. The van der Waals surface area contributed by atoms with Gasteiger partial charge in [-0.2, -0.15) is 0 Å². The van der Waals surface area contributed by atoms with E-state index in [1.54, 1.807) is 0 Å². The summed E-state index contributed by atoms with van der Waals surface area (Å²) in [6.45, 7) is 12.9. The van der Waals surface area contributed by atoms with E-state index in [2.05, 4.69) is 87.6 Å². The van der Waals surface area contributed by atoms with Gasteiger partial charge in [0.1, 0.15) is 5.65 Å². The first-order chi connectivity index (χ1) is 12.9. The fourth-order valence-corrected chi connectivity index (χ4v) is 4.07. The quantitative estimate of drug-likeness (QED) is 0.445. The molecule has 0 aliphatic rings. The van der Waals surface area contributed by atoms with E-state index < -0.39 is 0 Å². The first-order valence-corrected chi connectivity index (χ1v) is 9.36. The molecule has 0 aliphatic heterocycles. The van der Waals surface area contributed by atoms with E-state index in [4.69, 9.17) is 4.98 Å². The van der Waals surface area contributed by atoms with Crippen LogP contribution in [0.5, 0.6) is 0 Å². The number of hydrogen-bond acceptors (Lipinski definition) is 2. The van der Waals surface area contributed by atoms with Crippen LogP contribution in [0.15, 0.2) is 42.7 Å². The highest BCUT2D eigenvalue weighted by molar-refractivity contribution is 5.81. The third kappa shape index (κ3) is 2.84. The van der Waals surface area contributed by atoms with Gasteiger partial charge in [0.2, 0.25) is 0 Å². The van der Waals surface area contributed by atoms with Gasteiger partial charge >= 0.3 is 0 Å². The Kier molecular flexibility index (Phi) is 4.11. The van der Waals surface area contributed by atoms with E-state index in [1.807, 2.05) is 6.20 Å². The van der Waals surface area contributed by atoms with E-state index in [1.165, 1.54) is 39.1 Å². The number of aryl methyl sites for hydroxylation is 5. The van der Waals surface area contributed by atoms with Gasteiger partial charge in [-0.25, -0.2) is 9.97 Å². The second kappa shape index (κ2) is 6.34. The van der Waals surface area contributed by atoms with Crippen molar-refractivity contribution in [2.75, 3.05) is 0 Å². The third-order valence-corrected chi connectivity index (χ3v) is 5.47. The SMILES string of the molecule is Cc1cc(C)c(-n2ccc3cnc(-c4c(C)ccc(C)c4C)nc32)c(C)c1. The predicted molar refractivity (Wildman–Crippen MR) is 113 cm³/mol.